The Labute approximate surface area is 110 Å². The Morgan fingerprint density at radius 1 is 1.17 bits per heavy atom. The van der Waals surface area contributed by atoms with E-state index < -0.39 is 0 Å². The molecule has 2 nitrogen and oxygen atoms in total. The van der Waals surface area contributed by atoms with Crippen LogP contribution in [0.25, 0.3) is 11.3 Å². The number of rotatable bonds is 0. The summed E-state index contributed by atoms with van der Waals surface area (Å²) in [6.45, 7) is 0. The SMILES string of the molecule is ClC1=Nc2ccccc2-n2ccc3c2C1=CCC3. The van der Waals surface area contributed by atoms with E-state index >= 15 is 0 Å². The van der Waals surface area contributed by atoms with Gasteiger partial charge in [-0.25, -0.2) is 4.99 Å². The van der Waals surface area contributed by atoms with Crippen molar-refractivity contribution in [3.8, 4) is 5.69 Å². The molecule has 3 heteroatoms. The standard InChI is InChI=1S/C15H11ClN2/c16-15-11-5-3-4-10-8-9-18(14(10)11)13-7-2-1-6-12(13)17-15/h1-2,5-9H,3-4H2. The molecule has 0 spiro atoms. The fourth-order valence-electron chi connectivity index (χ4n) is 2.76. The minimum absolute atomic E-state index is 0.598. The number of benzene rings is 1. The quantitative estimate of drug-likeness (QED) is 0.674. The van der Waals surface area contributed by atoms with E-state index in [1.165, 1.54) is 11.3 Å². The monoisotopic (exact) mass is 254 g/mol. The summed E-state index contributed by atoms with van der Waals surface area (Å²) in [7, 11) is 0. The minimum atomic E-state index is 0.598. The zero-order valence-corrected chi connectivity index (χ0v) is 10.5. The number of aliphatic imine (C=N–C) groups is 1. The van der Waals surface area contributed by atoms with Gasteiger partial charge < -0.3 is 4.57 Å². The third-order valence-corrected chi connectivity index (χ3v) is 3.86. The summed E-state index contributed by atoms with van der Waals surface area (Å²) in [6, 6.07) is 10.3. The highest BCUT2D eigenvalue weighted by atomic mass is 35.5. The van der Waals surface area contributed by atoms with E-state index in [0.29, 0.717) is 5.17 Å². The Morgan fingerprint density at radius 2 is 2.06 bits per heavy atom. The molecule has 0 bridgehead atoms. The fourth-order valence-corrected chi connectivity index (χ4v) is 3.01. The average molecular weight is 255 g/mol. The average Bonchev–Trinajstić information content (AvgIpc) is 2.77. The first-order valence-electron chi connectivity index (χ1n) is 6.09. The number of aryl methyl sites for hydroxylation is 1. The zero-order chi connectivity index (χ0) is 12.1. The van der Waals surface area contributed by atoms with Gasteiger partial charge in [-0.1, -0.05) is 29.8 Å². The van der Waals surface area contributed by atoms with E-state index in [0.717, 1.165) is 29.8 Å². The normalized spacial score (nSPS) is 16.3. The predicted octanol–water partition coefficient (Wildman–Crippen LogP) is 4.09. The molecular weight excluding hydrogens is 244 g/mol. The maximum absolute atomic E-state index is 6.37. The van der Waals surface area contributed by atoms with Crippen LogP contribution in [0.2, 0.25) is 0 Å². The highest BCUT2D eigenvalue weighted by molar-refractivity contribution is 6.76. The number of nitrogens with zero attached hydrogens (tertiary/aromatic N) is 2. The molecule has 0 saturated heterocycles. The predicted molar refractivity (Wildman–Crippen MR) is 75.0 cm³/mol. The van der Waals surface area contributed by atoms with Crippen LogP contribution in [0.4, 0.5) is 5.69 Å². The molecule has 0 saturated carbocycles. The van der Waals surface area contributed by atoms with Crippen LogP contribution in [0.3, 0.4) is 0 Å². The van der Waals surface area contributed by atoms with Gasteiger partial charge in [-0.3, -0.25) is 0 Å². The van der Waals surface area contributed by atoms with Crippen molar-refractivity contribution in [1.82, 2.24) is 4.57 Å². The molecule has 0 N–H and O–H groups in total. The van der Waals surface area contributed by atoms with Crippen LogP contribution in [0.1, 0.15) is 17.7 Å². The first-order valence-corrected chi connectivity index (χ1v) is 6.47. The molecule has 1 aromatic heterocycles. The Hall–Kier alpha value is -1.80. The van der Waals surface area contributed by atoms with Gasteiger partial charge in [0.2, 0.25) is 0 Å². The molecule has 0 atom stereocenters. The van der Waals surface area contributed by atoms with Crippen molar-refractivity contribution in [3.05, 3.63) is 53.9 Å². The van der Waals surface area contributed by atoms with Crippen LogP contribution in [0.15, 0.2) is 47.6 Å². The molecular formula is C15H11ClN2. The van der Waals surface area contributed by atoms with Crippen LogP contribution in [-0.2, 0) is 6.42 Å². The van der Waals surface area contributed by atoms with Crippen molar-refractivity contribution in [3.63, 3.8) is 0 Å². The largest absolute Gasteiger partial charge is 0.314 e. The molecule has 2 aliphatic rings. The van der Waals surface area contributed by atoms with Gasteiger partial charge in [0.15, 0.2) is 0 Å². The maximum atomic E-state index is 6.37. The summed E-state index contributed by atoms with van der Waals surface area (Å²) in [5, 5.41) is 0.598. The van der Waals surface area contributed by atoms with Gasteiger partial charge in [0.25, 0.3) is 0 Å². The lowest BCUT2D eigenvalue weighted by Gasteiger charge is -2.15. The van der Waals surface area contributed by atoms with E-state index in [2.05, 4.69) is 34.0 Å². The summed E-state index contributed by atoms with van der Waals surface area (Å²) < 4.78 is 2.20. The lowest BCUT2D eigenvalue weighted by molar-refractivity contribution is 0.955. The molecule has 0 amide bonds. The summed E-state index contributed by atoms with van der Waals surface area (Å²) in [5.41, 5.74) is 5.66. The zero-order valence-electron chi connectivity index (χ0n) is 9.73. The Bertz CT molecular complexity index is 707. The second kappa shape index (κ2) is 3.59. The Kier molecular flexibility index (Phi) is 2.03. The molecule has 88 valence electrons. The molecule has 0 fully saturated rings. The van der Waals surface area contributed by atoms with Gasteiger partial charge in [-0.05, 0) is 36.6 Å². The molecule has 18 heavy (non-hydrogen) atoms. The van der Waals surface area contributed by atoms with E-state index in [4.69, 9.17) is 11.6 Å². The van der Waals surface area contributed by atoms with Crippen LogP contribution in [-0.4, -0.2) is 9.74 Å². The van der Waals surface area contributed by atoms with Crippen LogP contribution in [0, 0.1) is 0 Å². The number of halogens is 1. The van der Waals surface area contributed by atoms with Crippen molar-refractivity contribution >= 4 is 28.0 Å². The van der Waals surface area contributed by atoms with Crippen LogP contribution in [0.5, 0.6) is 0 Å². The number of para-hydroxylation sites is 2. The highest BCUT2D eigenvalue weighted by Crippen LogP contribution is 2.38. The highest BCUT2D eigenvalue weighted by Gasteiger charge is 2.24. The second-order valence-corrected chi connectivity index (χ2v) is 4.97. The molecule has 0 radical (unpaired) electrons. The van der Waals surface area contributed by atoms with Crippen molar-refractivity contribution in [2.75, 3.05) is 0 Å². The Balaban J connectivity index is 2.14. The molecule has 1 aliphatic heterocycles. The van der Waals surface area contributed by atoms with Gasteiger partial charge in [0.05, 0.1) is 17.1 Å². The smallest absolute Gasteiger partial charge is 0.138 e. The molecule has 2 heterocycles. The summed E-state index contributed by atoms with van der Waals surface area (Å²) in [6.07, 6.45) is 6.43. The fraction of sp³-hybridized carbons (Fsp3) is 0.133. The first-order chi connectivity index (χ1) is 8.84. The van der Waals surface area contributed by atoms with Crippen LogP contribution < -0.4 is 0 Å². The van der Waals surface area contributed by atoms with Gasteiger partial charge in [0.1, 0.15) is 5.17 Å². The molecule has 0 unspecified atom stereocenters. The third kappa shape index (κ3) is 1.27. The van der Waals surface area contributed by atoms with Gasteiger partial charge in [-0.15, -0.1) is 0 Å². The summed E-state index contributed by atoms with van der Waals surface area (Å²) in [5.74, 6) is 0. The van der Waals surface area contributed by atoms with Crippen molar-refractivity contribution in [2.24, 2.45) is 4.99 Å². The lowest BCUT2D eigenvalue weighted by atomic mass is 9.98. The van der Waals surface area contributed by atoms with E-state index in [1.54, 1.807) is 0 Å². The van der Waals surface area contributed by atoms with Crippen molar-refractivity contribution in [1.29, 1.82) is 0 Å². The number of aromatic nitrogens is 1. The van der Waals surface area contributed by atoms with Crippen LogP contribution >= 0.6 is 11.6 Å². The van der Waals surface area contributed by atoms with Gasteiger partial charge >= 0.3 is 0 Å². The van der Waals surface area contributed by atoms with Gasteiger partial charge in [-0.2, -0.15) is 0 Å². The third-order valence-electron chi connectivity index (χ3n) is 3.57. The number of hydrogen-bond donors (Lipinski definition) is 0. The number of hydrogen-bond acceptors (Lipinski definition) is 1. The molecule has 2 aromatic rings. The molecule has 4 rings (SSSR count). The molecule has 1 aliphatic carbocycles. The number of allylic oxidation sites excluding steroid dienone is 2. The Morgan fingerprint density at radius 3 is 3.00 bits per heavy atom. The van der Waals surface area contributed by atoms with Crippen molar-refractivity contribution in [2.45, 2.75) is 12.8 Å². The van der Waals surface area contributed by atoms with Gasteiger partial charge in [0, 0.05) is 11.8 Å². The van der Waals surface area contributed by atoms with E-state index in [9.17, 15) is 0 Å². The van der Waals surface area contributed by atoms with E-state index in [1.807, 2.05) is 18.2 Å². The number of fused-ring (bicyclic) bond motifs is 2. The van der Waals surface area contributed by atoms with E-state index in [-0.39, 0.29) is 0 Å². The first kappa shape index (κ1) is 10.2. The van der Waals surface area contributed by atoms with Crippen molar-refractivity contribution < 1.29 is 0 Å². The topological polar surface area (TPSA) is 17.3 Å². The second-order valence-electron chi connectivity index (χ2n) is 4.61. The molecule has 1 aromatic carbocycles. The summed E-state index contributed by atoms with van der Waals surface area (Å²) >= 11 is 6.37. The minimum Gasteiger partial charge on any atom is -0.314 e. The summed E-state index contributed by atoms with van der Waals surface area (Å²) in [4.78, 5) is 4.55. The maximum Gasteiger partial charge on any atom is 0.138 e. The lowest BCUT2D eigenvalue weighted by Crippen LogP contribution is -2.06.